The molecule has 0 amide bonds. The largest absolute Gasteiger partial charge is 0.354 e. The van der Waals surface area contributed by atoms with Gasteiger partial charge in [-0.3, -0.25) is 0 Å². The van der Waals surface area contributed by atoms with Crippen LogP contribution in [-0.4, -0.2) is 40.8 Å². The van der Waals surface area contributed by atoms with Crippen LogP contribution in [0.4, 0.5) is 5.82 Å². The third kappa shape index (κ3) is 1.58. The number of aromatic nitrogens is 3. The first-order chi connectivity index (χ1) is 7.86. The summed E-state index contributed by atoms with van der Waals surface area (Å²) in [5.74, 6) is 1.11. The van der Waals surface area contributed by atoms with Crippen molar-refractivity contribution in [3.8, 4) is 0 Å². The van der Waals surface area contributed by atoms with Crippen molar-refractivity contribution in [3.63, 3.8) is 0 Å². The van der Waals surface area contributed by atoms with E-state index in [-0.39, 0.29) is 0 Å². The van der Waals surface area contributed by atoms with Gasteiger partial charge in [0.2, 0.25) is 0 Å². The molecule has 0 bridgehead atoms. The smallest absolute Gasteiger partial charge is 0.171 e. The molecular weight excluding hydrogens is 270 g/mol. The van der Waals surface area contributed by atoms with Crippen molar-refractivity contribution >= 4 is 27.4 Å². The van der Waals surface area contributed by atoms with Gasteiger partial charge in [0.1, 0.15) is 5.82 Å². The van der Waals surface area contributed by atoms with Crippen LogP contribution in [0.3, 0.4) is 0 Å². The van der Waals surface area contributed by atoms with Crippen molar-refractivity contribution in [3.05, 3.63) is 22.9 Å². The standard InChI is InChI=1S/C10H12BrN5/c11-8-7-14-16-9(1-2-13-10(8)16)15-5-3-12-4-6-15/h1-2,7,12H,3-6H2. The van der Waals surface area contributed by atoms with E-state index in [0.29, 0.717) is 0 Å². The van der Waals surface area contributed by atoms with Gasteiger partial charge in [-0.15, -0.1) is 0 Å². The number of nitrogens with one attached hydrogen (secondary N) is 1. The molecule has 84 valence electrons. The molecule has 1 aliphatic rings. The summed E-state index contributed by atoms with van der Waals surface area (Å²) in [7, 11) is 0. The van der Waals surface area contributed by atoms with Crippen LogP contribution in [0, 0.1) is 0 Å². The van der Waals surface area contributed by atoms with Crippen LogP contribution < -0.4 is 10.2 Å². The molecule has 6 heteroatoms. The van der Waals surface area contributed by atoms with Crippen LogP contribution in [0.5, 0.6) is 0 Å². The van der Waals surface area contributed by atoms with E-state index < -0.39 is 0 Å². The first-order valence-corrected chi connectivity index (χ1v) is 6.09. The number of fused-ring (bicyclic) bond motifs is 1. The molecular formula is C10H12BrN5. The molecule has 3 rings (SSSR count). The molecule has 1 N–H and O–H groups in total. The number of rotatable bonds is 1. The van der Waals surface area contributed by atoms with Gasteiger partial charge in [-0.05, 0) is 22.0 Å². The lowest BCUT2D eigenvalue weighted by Gasteiger charge is -2.29. The second-order valence-electron chi connectivity index (χ2n) is 3.77. The number of hydrogen-bond donors (Lipinski definition) is 1. The first kappa shape index (κ1) is 10.0. The van der Waals surface area contributed by atoms with Gasteiger partial charge in [-0.2, -0.15) is 9.61 Å². The first-order valence-electron chi connectivity index (χ1n) is 5.30. The molecule has 0 spiro atoms. The predicted octanol–water partition coefficient (Wildman–Crippen LogP) is 0.901. The zero-order valence-electron chi connectivity index (χ0n) is 8.73. The van der Waals surface area contributed by atoms with E-state index in [1.807, 2.05) is 16.8 Å². The van der Waals surface area contributed by atoms with Gasteiger partial charge in [-0.25, -0.2) is 4.98 Å². The Labute approximate surface area is 102 Å². The SMILES string of the molecule is Brc1cnn2c(N3CCNCC3)ccnc12. The Morgan fingerprint density at radius 3 is 2.94 bits per heavy atom. The Hall–Kier alpha value is -1.14. The number of halogens is 1. The van der Waals surface area contributed by atoms with Gasteiger partial charge in [-0.1, -0.05) is 0 Å². The molecule has 2 aromatic heterocycles. The maximum Gasteiger partial charge on any atom is 0.171 e. The molecule has 0 aliphatic carbocycles. The average molecular weight is 282 g/mol. The van der Waals surface area contributed by atoms with E-state index in [0.717, 1.165) is 42.1 Å². The molecule has 0 aromatic carbocycles. The van der Waals surface area contributed by atoms with Crippen molar-refractivity contribution in [1.29, 1.82) is 0 Å². The number of nitrogens with zero attached hydrogens (tertiary/aromatic N) is 4. The molecule has 0 radical (unpaired) electrons. The Morgan fingerprint density at radius 2 is 2.12 bits per heavy atom. The van der Waals surface area contributed by atoms with Gasteiger partial charge in [0, 0.05) is 32.4 Å². The minimum absolute atomic E-state index is 0.871. The molecule has 3 heterocycles. The van der Waals surface area contributed by atoms with E-state index in [1.165, 1.54) is 0 Å². The van der Waals surface area contributed by atoms with Gasteiger partial charge in [0.05, 0.1) is 10.7 Å². The highest BCUT2D eigenvalue weighted by molar-refractivity contribution is 9.10. The summed E-state index contributed by atoms with van der Waals surface area (Å²) < 4.78 is 2.82. The van der Waals surface area contributed by atoms with Crippen molar-refractivity contribution in [2.24, 2.45) is 0 Å². The lowest BCUT2D eigenvalue weighted by Crippen LogP contribution is -2.44. The summed E-state index contributed by atoms with van der Waals surface area (Å²) in [5, 5.41) is 7.68. The number of anilines is 1. The average Bonchev–Trinajstić information content (AvgIpc) is 2.73. The van der Waals surface area contributed by atoms with Crippen LogP contribution in [0.15, 0.2) is 22.9 Å². The Morgan fingerprint density at radius 1 is 1.31 bits per heavy atom. The van der Waals surface area contributed by atoms with Crippen LogP contribution in [0.25, 0.3) is 5.65 Å². The van der Waals surface area contributed by atoms with Crippen molar-refractivity contribution in [2.75, 3.05) is 31.1 Å². The Bertz CT molecular complexity index is 503. The third-order valence-electron chi connectivity index (χ3n) is 2.78. The fourth-order valence-electron chi connectivity index (χ4n) is 1.98. The summed E-state index contributed by atoms with van der Waals surface area (Å²) >= 11 is 3.45. The highest BCUT2D eigenvalue weighted by Gasteiger charge is 2.14. The zero-order valence-corrected chi connectivity index (χ0v) is 10.3. The van der Waals surface area contributed by atoms with Crippen molar-refractivity contribution < 1.29 is 0 Å². The highest BCUT2D eigenvalue weighted by Crippen LogP contribution is 2.20. The molecule has 1 fully saturated rings. The summed E-state index contributed by atoms with van der Waals surface area (Å²) in [5.41, 5.74) is 0.871. The quantitative estimate of drug-likeness (QED) is 0.844. The Balaban J connectivity index is 2.08. The minimum atomic E-state index is 0.871. The number of piperazine rings is 1. The summed E-state index contributed by atoms with van der Waals surface area (Å²) in [6, 6.07) is 2.01. The van der Waals surface area contributed by atoms with E-state index >= 15 is 0 Å². The molecule has 1 aliphatic heterocycles. The Kier molecular flexibility index (Phi) is 2.53. The number of hydrogen-bond acceptors (Lipinski definition) is 4. The highest BCUT2D eigenvalue weighted by atomic mass is 79.9. The van der Waals surface area contributed by atoms with E-state index in [4.69, 9.17) is 0 Å². The lowest BCUT2D eigenvalue weighted by atomic mass is 10.3. The maximum atomic E-state index is 4.34. The zero-order chi connectivity index (χ0) is 11.0. The summed E-state index contributed by atoms with van der Waals surface area (Å²) in [4.78, 5) is 6.63. The van der Waals surface area contributed by atoms with Gasteiger partial charge in [0.25, 0.3) is 0 Å². The van der Waals surface area contributed by atoms with Crippen LogP contribution >= 0.6 is 15.9 Å². The second kappa shape index (κ2) is 4.03. The molecule has 16 heavy (non-hydrogen) atoms. The maximum absolute atomic E-state index is 4.34. The summed E-state index contributed by atoms with van der Waals surface area (Å²) in [6.07, 6.45) is 3.62. The van der Waals surface area contributed by atoms with Crippen LogP contribution in [-0.2, 0) is 0 Å². The third-order valence-corrected chi connectivity index (χ3v) is 3.34. The van der Waals surface area contributed by atoms with E-state index in [1.54, 1.807) is 6.20 Å². The molecule has 0 saturated carbocycles. The van der Waals surface area contributed by atoms with Crippen molar-refractivity contribution in [1.82, 2.24) is 19.9 Å². The van der Waals surface area contributed by atoms with Crippen LogP contribution in [0.2, 0.25) is 0 Å². The molecule has 0 unspecified atom stereocenters. The van der Waals surface area contributed by atoms with E-state index in [2.05, 4.69) is 36.2 Å². The fraction of sp³-hybridized carbons (Fsp3) is 0.400. The normalized spacial score (nSPS) is 16.9. The minimum Gasteiger partial charge on any atom is -0.354 e. The van der Waals surface area contributed by atoms with Gasteiger partial charge < -0.3 is 10.2 Å². The summed E-state index contributed by atoms with van der Waals surface area (Å²) in [6.45, 7) is 4.06. The van der Waals surface area contributed by atoms with Gasteiger partial charge >= 0.3 is 0 Å². The molecule has 1 saturated heterocycles. The van der Waals surface area contributed by atoms with Crippen LogP contribution in [0.1, 0.15) is 0 Å². The molecule has 2 aromatic rings. The fourth-order valence-corrected chi connectivity index (χ4v) is 2.35. The second-order valence-corrected chi connectivity index (χ2v) is 4.62. The van der Waals surface area contributed by atoms with Crippen molar-refractivity contribution in [2.45, 2.75) is 0 Å². The van der Waals surface area contributed by atoms with Gasteiger partial charge in [0.15, 0.2) is 5.65 Å². The predicted molar refractivity (Wildman–Crippen MR) is 65.8 cm³/mol. The molecule has 0 atom stereocenters. The van der Waals surface area contributed by atoms with E-state index in [9.17, 15) is 0 Å². The monoisotopic (exact) mass is 281 g/mol. The lowest BCUT2D eigenvalue weighted by molar-refractivity contribution is 0.580. The topological polar surface area (TPSA) is 45.5 Å². The molecule has 5 nitrogen and oxygen atoms in total.